The van der Waals surface area contributed by atoms with Crippen molar-refractivity contribution in [1.29, 1.82) is 0 Å². The van der Waals surface area contributed by atoms with Gasteiger partial charge in [-0.25, -0.2) is 0 Å². The molecule has 0 amide bonds. The van der Waals surface area contributed by atoms with E-state index in [0.717, 1.165) is 37.7 Å². The SMILES string of the molecule is CCCCCCCCCCC1=CC(=O)[C@H]2CCC[C@@H]1C2=O. The Morgan fingerprint density at radius 2 is 1.52 bits per heavy atom. The van der Waals surface area contributed by atoms with E-state index >= 15 is 0 Å². The Balaban J connectivity index is 1.67. The Labute approximate surface area is 129 Å². The molecule has 2 atom stereocenters. The normalized spacial score (nSPS) is 25.1. The minimum atomic E-state index is -0.286. The van der Waals surface area contributed by atoms with Crippen molar-refractivity contribution in [2.24, 2.45) is 11.8 Å². The fourth-order valence-corrected chi connectivity index (χ4v) is 3.80. The van der Waals surface area contributed by atoms with Gasteiger partial charge in [0.1, 0.15) is 0 Å². The van der Waals surface area contributed by atoms with Crippen LogP contribution in [0.15, 0.2) is 11.6 Å². The second-order valence-electron chi connectivity index (χ2n) is 6.78. The van der Waals surface area contributed by atoms with Crippen molar-refractivity contribution in [3.63, 3.8) is 0 Å². The molecule has 1 saturated carbocycles. The van der Waals surface area contributed by atoms with Crippen LogP contribution >= 0.6 is 0 Å². The number of fused-ring (bicyclic) bond motifs is 2. The van der Waals surface area contributed by atoms with E-state index < -0.39 is 0 Å². The topological polar surface area (TPSA) is 34.1 Å². The standard InChI is InChI=1S/C19H30O2/c1-2-3-4-5-6-7-8-9-11-15-14-18(20)17-13-10-12-16(15)19(17)21/h14,16-17H,2-13H2,1H3/t16-,17+/m0/s1. The lowest BCUT2D eigenvalue weighted by Crippen LogP contribution is -2.38. The van der Waals surface area contributed by atoms with Gasteiger partial charge in [0.2, 0.25) is 0 Å². The van der Waals surface area contributed by atoms with Gasteiger partial charge in [-0.3, -0.25) is 9.59 Å². The summed E-state index contributed by atoms with van der Waals surface area (Å²) < 4.78 is 0. The highest BCUT2D eigenvalue weighted by Crippen LogP contribution is 2.37. The van der Waals surface area contributed by atoms with Gasteiger partial charge in [-0.05, 0) is 31.8 Å². The molecule has 1 fully saturated rings. The van der Waals surface area contributed by atoms with Crippen LogP contribution in [0.25, 0.3) is 0 Å². The van der Waals surface area contributed by atoms with Gasteiger partial charge in [0, 0.05) is 5.92 Å². The second kappa shape index (κ2) is 8.51. The van der Waals surface area contributed by atoms with Crippen molar-refractivity contribution in [2.75, 3.05) is 0 Å². The molecular weight excluding hydrogens is 260 g/mol. The molecule has 2 nitrogen and oxygen atoms in total. The summed E-state index contributed by atoms with van der Waals surface area (Å²) in [4.78, 5) is 24.2. The van der Waals surface area contributed by atoms with E-state index in [4.69, 9.17) is 0 Å². The van der Waals surface area contributed by atoms with Crippen LogP contribution in [0.5, 0.6) is 0 Å². The number of unbranched alkanes of at least 4 members (excludes halogenated alkanes) is 7. The van der Waals surface area contributed by atoms with E-state index in [0.29, 0.717) is 0 Å². The highest BCUT2D eigenvalue weighted by molar-refractivity contribution is 6.12. The van der Waals surface area contributed by atoms with Gasteiger partial charge in [0.05, 0.1) is 5.92 Å². The summed E-state index contributed by atoms with van der Waals surface area (Å²) in [6.45, 7) is 2.25. The van der Waals surface area contributed by atoms with Crippen molar-refractivity contribution in [2.45, 2.75) is 84.0 Å². The first kappa shape index (κ1) is 16.5. The van der Waals surface area contributed by atoms with E-state index in [9.17, 15) is 9.59 Å². The third-order valence-corrected chi connectivity index (χ3v) is 5.11. The number of hydrogen-bond acceptors (Lipinski definition) is 2. The van der Waals surface area contributed by atoms with Gasteiger partial charge in [-0.15, -0.1) is 0 Å². The molecule has 2 aliphatic carbocycles. The number of carbonyl (C=O) groups is 2. The number of rotatable bonds is 9. The van der Waals surface area contributed by atoms with Crippen molar-refractivity contribution in [3.8, 4) is 0 Å². The van der Waals surface area contributed by atoms with Gasteiger partial charge in [0.25, 0.3) is 0 Å². The monoisotopic (exact) mass is 290 g/mol. The van der Waals surface area contributed by atoms with Crippen LogP contribution in [0.2, 0.25) is 0 Å². The third-order valence-electron chi connectivity index (χ3n) is 5.11. The van der Waals surface area contributed by atoms with Crippen LogP contribution in [0.1, 0.15) is 84.0 Å². The van der Waals surface area contributed by atoms with Crippen LogP contribution in [0.4, 0.5) is 0 Å². The highest BCUT2D eigenvalue weighted by Gasteiger charge is 2.40. The molecule has 0 aromatic heterocycles. The number of Topliss-reactive ketones (excluding diaryl/α,β-unsaturated/α-hetero) is 1. The average Bonchev–Trinajstić information content (AvgIpc) is 2.47. The zero-order valence-electron chi connectivity index (χ0n) is 13.5. The number of carbonyl (C=O) groups excluding carboxylic acids is 2. The lowest BCUT2D eigenvalue weighted by Gasteiger charge is -2.32. The summed E-state index contributed by atoms with van der Waals surface area (Å²) in [7, 11) is 0. The smallest absolute Gasteiger partial charge is 0.166 e. The first-order chi connectivity index (χ1) is 10.2. The lowest BCUT2D eigenvalue weighted by molar-refractivity contribution is -0.135. The summed E-state index contributed by atoms with van der Waals surface area (Å²) in [6, 6.07) is 0. The van der Waals surface area contributed by atoms with Gasteiger partial charge in [0.15, 0.2) is 11.6 Å². The minimum Gasteiger partial charge on any atom is -0.298 e. The average molecular weight is 290 g/mol. The number of hydrogen-bond donors (Lipinski definition) is 0. The lowest BCUT2D eigenvalue weighted by atomic mass is 9.69. The molecule has 0 radical (unpaired) electrons. The summed E-state index contributed by atoms with van der Waals surface area (Å²) >= 11 is 0. The molecule has 118 valence electrons. The van der Waals surface area contributed by atoms with Crippen LogP contribution in [-0.4, -0.2) is 11.6 Å². The van der Waals surface area contributed by atoms with Gasteiger partial charge >= 0.3 is 0 Å². The molecule has 2 heteroatoms. The van der Waals surface area contributed by atoms with E-state index in [1.807, 2.05) is 6.08 Å². The molecule has 0 spiro atoms. The maximum Gasteiger partial charge on any atom is 0.166 e. The zero-order valence-corrected chi connectivity index (χ0v) is 13.5. The van der Waals surface area contributed by atoms with Crippen molar-refractivity contribution < 1.29 is 9.59 Å². The summed E-state index contributed by atoms with van der Waals surface area (Å²) in [5.74, 6) is 0.117. The predicted molar refractivity (Wildman–Crippen MR) is 86.2 cm³/mol. The number of ketones is 2. The van der Waals surface area contributed by atoms with Crippen LogP contribution < -0.4 is 0 Å². The molecule has 0 saturated heterocycles. The molecule has 2 rings (SSSR count). The maximum absolute atomic E-state index is 12.2. The molecule has 0 unspecified atom stereocenters. The van der Waals surface area contributed by atoms with Gasteiger partial charge in [-0.2, -0.15) is 0 Å². The molecule has 0 aliphatic heterocycles. The molecular formula is C19H30O2. The fraction of sp³-hybridized carbons (Fsp3) is 0.789. The third kappa shape index (κ3) is 4.52. The van der Waals surface area contributed by atoms with E-state index in [-0.39, 0.29) is 23.4 Å². The Morgan fingerprint density at radius 1 is 0.905 bits per heavy atom. The maximum atomic E-state index is 12.2. The van der Waals surface area contributed by atoms with Crippen LogP contribution in [-0.2, 0) is 9.59 Å². The van der Waals surface area contributed by atoms with E-state index in [1.54, 1.807) is 0 Å². The van der Waals surface area contributed by atoms with E-state index in [1.165, 1.54) is 44.9 Å². The largest absolute Gasteiger partial charge is 0.298 e. The van der Waals surface area contributed by atoms with Crippen molar-refractivity contribution in [1.82, 2.24) is 0 Å². The van der Waals surface area contributed by atoms with Crippen LogP contribution in [0, 0.1) is 11.8 Å². The first-order valence-corrected chi connectivity index (χ1v) is 9.02. The molecule has 0 aromatic rings. The molecule has 21 heavy (non-hydrogen) atoms. The molecule has 0 heterocycles. The van der Waals surface area contributed by atoms with Gasteiger partial charge < -0.3 is 0 Å². The zero-order chi connectivity index (χ0) is 15.1. The molecule has 2 bridgehead atoms. The second-order valence-corrected chi connectivity index (χ2v) is 6.78. The minimum absolute atomic E-state index is 0.0884. The predicted octanol–water partition coefficient (Wildman–Crippen LogP) is 5.01. The van der Waals surface area contributed by atoms with Crippen LogP contribution in [0.3, 0.4) is 0 Å². The van der Waals surface area contributed by atoms with Crippen molar-refractivity contribution in [3.05, 3.63) is 11.6 Å². The summed E-state index contributed by atoms with van der Waals surface area (Å²) in [5.41, 5.74) is 1.15. The Hall–Kier alpha value is -0.920. The molecule has 2 aliphatic rings. The Morgan fingerprint density at radius 3 is 2.24 bits per heavy atom. The number of allylic oxidation sites excluding steroid dienone is 2. The molecule has 0 N–H and O–H groups in total. The first-order valence-electron chi connectivity index (χ1n) is 9.02. The quantitative estimate of drug-likeness (QED) is 0.442. The van der Waals surface area contributed by atoms with E-state index in [2.05, 4.69) is 6.92 Å². The summed E-state index contributed by atoms with van der Waals surface area (Å²) in [5, 5.41) is 0. The Bertz CT molecular complexity index is 394. The van der Waals surface area contributed by atoms with Crippen molar-refractivity contribution >= 4 is 11.6 Å². The van der Waals surface area contributed by atoms with Gasteiger partial charge in [-0.1, -0.05) is 63.9 Å². The summed E-state index contributed by atoms with van der Waals surface area (Å²) in [6.07, 6.45) is 16.0. The highest BCUT2D eigenvalue weighted by atomic mass is 16.2. The molecule has 0 aromatic carbocycles. The Kier molecular flexibility index (Phi) is 6.66. The fourth-order valence-electron chi connectivity index (χ4n) is 3.80.